The van der Waals surface area contributed by atoms with E-state index in [9.17, 15) is 14.4 Å². The number of benzene rings is 3. The van der Waals surface area contributed by atoms with Crippen molar-refractivity contribution in [2.45, 2.75) is 39.3 Å². The highest BCUT2D eigenvalue weighted by molar-refractivity contribution is 6.00. The maximum Gasteiger partial charge on any atom is 0.408 e. The molecule has 0 aliphatic heterocycles. The third-order valence-electron chi connectivity index (χ3n) is 5.49. The van der Waals surface area contributed by atoms with Crippen LogP contribution in [0.15, 0.2) is 79.4 Å². The fraction of sp³-hybridized carbons (Fsp3) is 0.276. The number of ether oxygens (including phenoxy) is 1. The van der Waals surface area contributed by atoms with Crippen molar-refractivity contribution in [1.82, 2.24) is 10.2 Å². The number of carbonyl (C=O) groups excluding carboxylic acids is 3. The Morgan fingerprint density at radius 1 is 1.00 bits per heavy atom. The van der Waals surface area contributed by atoms with Crippen molar-refractivity contribution >= 4 is 34.4 Å². The molecular formula is C29H33N3O4. The molecule has 0 bridgehead atoms. The third kappa shape index (κ3) is 6.95. The zero-order valence-corrected chi connectivity index (χ0v) is 21.2. The Balaban J connectivity index is 1.90. The van der Waals surface area contributed by atoms with Crippen LogP contribution in [0.2, 0.25) is 0 Å². The van der Waals surface area contributed by atoms with Crippen molar-refractivity contribution in [3.8, 4) is 0 Å². The Labute approximate surface area is 212 Å². The van der Waals surface area contributed by atoms with Gasteiger partial charge in [-0.3, -0.25) is 9.59 Å². The van der Waals surface area contributed by atoms with Gasteiger partial charge < -0.3 is 20.3 Å². The molecule has 0 aliphatic rings. The van der Waals surface area contributed by atoms with Crippen molar-refractivity contribution in [2.75, 3.05) is 18.4 Å². The molecular weight excluding hydrogens is 454 g/mol. The topological polar surface area (TPSA) is 87.7 Å². The number of hydrogen-bond acceptors (Lipinski definition) is 4. The lowest BCUT2D eigenvalue weighted by Crippen LogP contribution is -2.46. The minimum absolute atomic E-state index is 0.110. The lowest BCUT2D eigenvalue weighted by Gasteiger charge is -2.31. The summed E-state index contributed by atoms with van der Waals surface area (Å²) in [4.78, 5) is 40.5. The molecule has 3 amide bonds. The first-order valence-corrected chi connectivity index (χ1v) is 11.8. The van der Waals surface area contributed by atoms with Crippen molar-refractivity contribution in [1.29, 1.82) is 0 Å². The number of nitrogens with one attached hydrogen (secondary N) is 2. The maximum atomic E-state index is 13.7. The summed E-state index contributed by atoms with van der Waals surface area (Å²) in [6.07, 6.45) is 0.849. The standard InChI is InChI=1S/C29H33N3O4/c1-6-17-32(25(33)19-30-28(35)36-29(3,4)5)26(24-14-10-7-11-20(24)2)27(34)31-23-16-15-21-12-8-9-13-22(21)18-23/h6-16,18,26H,1,17,19H2,2-5H3,(H,30,35)(H,31,34). The van der Waals surface area contributed by atoms with Crippen LogP contribution >= 0.6 is 0 Å². The first-order valence-electron chi connectivity index (χ1n) is 11.8. The number of alkyl carbamates (subject to hydrolysis) is 1. The summed E-state index contributed by atoms with van der Waals surface area (Å²) in [5.74, 6) is -0.810. The highest BCUT2D eigenvalue weighted by Crippen LogP contribution is 2.27. The summed E-state index contributed by atoms with van der Waals surface area (Å²) < 4.78 is 5.23. The first-order chi connectivity index (χ1) is 17.1. The van der Waals surface area contributed by atoms with Crippen molar-refractivity contribution in [2.24, 2.45) is 0 Å². The molecule has 0 heterocycles. The minimum Gasteiger partial charge on any atom is -0.444 e. The molecule has 0 fully saturated rings. The monoisotopic (exact) mass is 487 g/mol. The fourth-order valence-electron chi connectivity index (χ4n) is 3.88. The van der Waals surface area contributed by atoms with Gasteiger partial charge in [0.05, 0.1) is 0 Å². The smallest absolute Gasteiger partial charge is 0.408 e. The van der Waals surface area contributed by atoms with Crippen LogP contribution in [-0.4, -0.2) is 41.5 Å². The second-order valence-corrected chi connectivity index (χ2v) is 9.50. The van der Waals surface area contributed by atoms with E-state index in [4.69, 9.17) is 4.74 Å². The van der Waals surface area contributed by atoms with Crippen LogP contribution < -0.4 is 10.6 Å². The van der Waals surface area contributed by atoms with Gasteiger partial charge in [0.25, 0.3) is 5.91 Å². The van der Waals surface area contributed by atoms with E-state index in [1.165, 1.54) is 4.90 Å². The average Bonchev–Trinajstić information content (AvgIpc) is 2.82. The van der Waals surface area contributed by atoms with Crippen LogP contribution in [-0.2, 0) is 14.3 Å². The Bertz CT molecular complexity index is 1260. The van der Waals surface area contributed by atoms with Gasteiger partial charge >= 0.3 is 6.09 Å². The minimum atomic E-state index is -0.941. The van der Waals surface area contributed by atoms with Crippen molar-refractivity contribution in [3.63, 3.8) is 0 Å². The predicted octanol–water partition coefficient (Wildman–Crippen LogP) is 5.37. The van der Waals surface area contributed by atoms with Crippen LogP contribution in [0.3, 0.4) is 0 Å². The molecule has 0 saturated heterocycles. The summed E-state index contributed by atoms with van der Waals surface area (Å²) in [7, 11) is 0. The van der Waals surface area contributed by atoms with Gasteiger partial charge in [-0.25, -0.2) is 4.79 Å². The molecule has 1 atom stereocenters. The molecule has 36 heavy (non-hydrogen) atoms. The van der Waals surface area contributed by atoms with E-state index < -0.39 is 23.6 Å². The molecule has 0 aromatic heterocycles. The summed E-state index contributed by atoms with van der Waals surface area (Å²) in [6.45, 7) is 10.7. The van der Waals surface area contributed by atoms with Gasteiger partial charge in [0.2, 0.25) is 5.91 Å². The van der Waals surface area contributed by atoms with E-state index in [1.54, 1.807) is 26.8 Å². The molecule has 1 unspecified atom stereocenters. The number of fused-ring (bicyclic) bond motifs is 1. The van der Waals surface area contributed by atoms with Crippen molar-refractivity contribution < 1.29 is 19.1 Å². The van der Waals surface area contributed by atoms with Crippen molar-refractivity contribution in [3.05, 3.63) is 90.5 Å². The Morgan fingerprint density at radius 3 is 2.33 bits per heavy atom. The van der Waals surface area contributed by atoms with E-state index in [-0.39, 0.29) is 19.0 Å². The van der Waals surface area contributed by atoms with E-state index in [0.29, 0.717) is 11.3 Å². The molecule has 188 valence electrons. The molecule has 3 aromatic carbocycles. The fourth-order valence-corrected chi connectivity index (χ4v) is 3.88. The number of nitrogens with zero attached hydrogens (tertiary/aromatic N) is 1. The van der Waals surface area contributed by atoms with Gasteiger partial charge in [-0.2, -0.15) is 0 Å². The summed E-state index contributed by atoms with van der Waals surface area (Å²) in [5, 5.41) is 7.51. The third-order valence-corrected chi connectivity index (χ3v) is 5.49. The zero-order chi connectivity index (χ0) is 26.3. The lowest BCUT2D eigenvalue weighted by atomic mass is 9.98. The summed E-state index contributed by atoms with van der Waals surface area (Å²) in [6, 6.07) is 20.0. The predicted molar refractivity (Wildman–Crippen MR) is 143 cm³/mol. The summed E-state index contributed by atoms with van der Waals surface area (Å²) >= 11 is 0. The number of hydrogen-bond donors (Lipinski definition) is 2. The number of amides is 3. The van der Waals surface area contributed by atoms with Gasteiger partial charge in [0.15, 0.2) is 0 Å². The zero-order valence-electron chi connectivity index (χ0n) is 21.2. The molecule has 7 heteroatoms. The number of aryl methyl sites for hydroxylation is 1. The van der Waals surface area contributed by atoms with Crippen LogP contribution in [0.5, 0.6) is 0 Å². The van der Waals surface area contributed by atoms with Crippen LogP contribution in [0.4, 0.5) is 10.5 Å². The Hall–Kier alpha value is -4.13. The van der Waals surface area contributed by atoms with E-state index in [1.807, 2.05) is 73.7 Å². The van der Waals surface area contributed by atoms with E-state index in [0.717, 1.165) is 16.3 Å². The maximum absolute atomic E-state index is 13.7. The molecule has 0 spiro atoms. The number of carbonyl (C=O) groups is 3. The molecule has 3 aromatic rings. The van der Waals surface area contributed by atoms with Crippen LogP contribution in [0.25, 0.3) is 10.8 Å². The van der Waals surface area contributed by atoms with E-state index in [2.05, 4.69) is 17.2 Å². The average molecular weight is 488 g/mol. The van der Waals surface area contributed by atoms with Gasteiger partial charge in [-0.1, -0.05) is 60.7 Å². The van der Waals surface area contributed by atoms with Gasteiger partial charge in [-0.05, 0) is 61.7 Å². The SMILES string of the molecule is C=CCN(C(=O)CNC(=O)OC(C)(C)C)C(C(=O)Nc1ccc2ccccc2c1)c1ccccc1C. The van der Waals surface area contributed by atoms with Crippen LogP contribution in [0.1, 0.15) is 37.9 Å². The first kappa shape index (κ1) is 26.5. The number of anilines is 1. The molecule has 7 nitrogen and oxygen atoms in total. The Kier molecular flexibility index (Phi) is 8.48. The molecule has 2 N–H and O–H groups in total. The van der Waals surface area contributed by atoms with Gasteiger partial charge in [0.1, 0.15) is 18.2 Å². The van der Waals surface area contributed by atoms with Gasteiger partial charge in [-0.15, -0.1) is 6.58 Å². The second kappa shape index (κ2) is 11.5. The van der Waals surface area contributed by atoms with Crippen LogP contribution in [0, 0.1) is 6.92 Å². The summed E-state index contributed by atoms with van der Waals surface area (Å²) in [5.41, 5.74) is 1.47. The molecule has 0 radical (unpaired) electrons. The number of rotatable bonds is 8. The molecule has 0 saturated carbocycles. The molecule has 3 rings (SSSR count). The second-order valence-electron chi connectivity index (χ2n) is 9.50. The quantitative estimate of drug-likeness (QED) is 0.418. The van der Waals surface area contributed by atoms with E-state index >= 15 is 0 Å². The highest BCUT2D eigenvalue weighted by Gasteiger charge is 2.32. The Morgan fingerprint density at radius 2 is 1.67 bits per heavy atom. The largest absolute Gasteiger partial charge is 0.444 e. The lowest BCUT2D eigenvalue weighted by molar-refractivity contribution is -0.137. The normalized spacial score (nSPS) is 11.9. The highest BCUT2D eigenvalue weighted by atomic mass is 16.6. The van der Waals surface area contributed by atoms with Gasteiger partial charge in [0, 0.05) is 12.2 Å². The molecule has 0 aliphatic carbocycles.